The number of aryl methyl sites for hydroxylation is 1. The van der Waals surface area contributed by atoms with Gasteiger partial charge in [0.15, 0.2) is 5.82 Å². The average Bonchev–Trinajstić information content (AvgIpc) is 3.25. The van der Waals surface area contributed by atoms with Crippen LogP contribution in [-0.4, -0.2) is 17.0 Å². The summed E-state index contributed by atoms with van der Waals surface area (Å²) in [6, 6.07) is 7.76. The van der Waals surface area contributed by atoms with Gasteiger partial charge in [-0.3, -0.25) is 9.59 Å². The van der Waals surface area contributed by atoms with Gasteiger partial charge in [0.25, 0.3) is 0 Å². The third-order valence-corrected chi connectivity index (χ3v) is 3.89. The van der Waals surface area contributed by atoms with Crippen LogP contribution in [0.2, 0.25) is 0 Å². The van der Waals surface area contributed by atoms with Crippen LogP contribution in [0.4, 0.5) is 10.2 Å². The number of hydrogen-bond acceptors (Lipinski definition) is 4. The van der Waals surface area contributed by atoms with Gasteiger partial charge in [0.1, 0.15) is 17.0 Å². The third-order valence-electron chi connectivity index (χ3n) is 3.89. The Morgan fingerprint density at radius 2 is 2.04 bits per heavy atom. The number of anilines is 1. The number of nitrogens with zero attached hydrogens (tertiary/aromatic N) is 1. The van der Waals surface area contributed by atoms with E-state index < -0.39 is 17.2 Å². The van der Waals surface area contributed by atoms with E-state index in [0.717, 1.165) is 0 Å². The highest BCUT2D eigenvalue weighted by molar-refractivity contribution is 6.12. The lowest BCUT2D eigenvalue weighted by atomic mass is 10.0. The number of amides is 2. The Balaban J connectivity index is 1.62. The van der Waals surface area contributed by atoms with E-state index in [1.807, 2.05) is 0 Å². The Bertz CT molecular complexity index is 753. The Labute approximate surface area is 132 Å². The van der Waals surface area contributed by atoms with Crippen LogP contribution in [0.15, 0.2) is 34.9 Å². The average molecular weight is 317 g/mol. The largest absolute Gasteiger partial charge is 0.360 e. The lowest BCUT2D eigenvalue weighted by Gasteiger charge is -2.14. The first kappa shape index (κ1) is 15.2. The summed E-state index contributed by atoms with van der Waals surface area (Å²) >= 11 is 0. The number of halogens is 1. The number of carbonyl (C=O) groups is 2. The molecule has 0 radical (unpaired) electrons. The maximum absolute atomic E-state index is 13.6. The first-order valence-corrected chi connectivity index (χ1v) is 7.28. The summed E-state index contributed by atoms with van der Waals surface area (Å²) in [5, 5.41) is 8.88. The molecule has 1 aliphatic rings. The lowest BCUT2D eigenvalue weighted by Crippen LogP contribution is -2.39. The first-order valence-electron chi connectivity index (χ1n) is 7.28. The minimum absolute atomic E-state index is 0.0452. The van der Waals surface area contributed by atoms with Gasteiger partial charge in [0.05, 0.1) is 0 Å². The molecule has 0 aliphatic heterocycles. The summed E-state index contributed by atoms with van der Waals surface area (Å²) in [5.41, 5.74) is -0.720. The molecular formula is C16H16FN3O3. The Morgan fingerprint density at radius 3 is 2.65 bits per heavy atom. The molecule has 1 aromatic heterocycles. The minimum Gasteiger partial charge on any atom is -0.360 e. The summed E-state index contributed by atoms with van der Waals surface area (Å²) in [6.45, 7) is 1.75. The topological polar surface area (TPSA) is 84.2 Å². The van der Waals surface area contributed by atoms with E-state index in [-0.39, 0.29) is 18.2 Å². The zero-order valence-corrected chi connectivity index (χ0v) is 12.6. The first-order chi connectivity index (χ1) is 11.0. The molecule has 1 fully saturated rings. The maximum atomic E-state index is 13.6. The van der Waals surface area contributed by atoms with E-state index >= 15 is 0 Å². The van der Waals surface area contributed by atoms with Crippen molar-refractivity contribution in [1.29, 1.82) is 0 Å². The SMILES string of the molecule is Cc1cc(NC(=O)C2(C(=O)NCc3ccccc3F)CC2)no1. The van der Waals surface area contributed by atoms with Crippen LogP contribution >= 0.6 is 0 Å². The number of aromatic nitrogens is 1. The van der Waals surface area contributed by atoms with E-state index in [9.17, 15) is 14.0 Å². The smallest absolute Gasteiger partial charge is 0.241 e. The Morgan fingerprint density at radius 1 is 1.30 bits per heavy atom. The molecule has 2 N–H and O–H groups in total. The van der Waals surface area contributed by atoms with Gasteiger partial charge in [0.2, 0.25) is 11.8 Å². The van der Waals surface area contributed by atoms with Crippen molar-refractivity contribution >= 4 is 17.6 Å². The molecule has 1 aliphatic carbocycles. The Kier molecular flexibility index (Phi) is 3.85. The normalized spacial score (nSPS) is 15.0. The van der Waals surface area contributed by atoms with Gasteiger partial charge >= 0.3 is 0 Å². The molecule has 7 heteroatoms. The number of hydrogen-bond donors (Lipinski definition) is 2. The number of carbonyl (C=O) groups excluding carboxylic acids is 2. The second-order valence-electron chi connectivity index (χ2n) is 5.63. The second-order valence-corrected chi connectivity index (χ2v) is 5.63. The van der Waals surface area contributed by atoms with Crippen molar-refractivity contribution in [3.8, 4) is 0 Å². The number of nitrogens with one attached hydrogen (secondary N) is 2. The van der Waals surface area contributed by atoms with E-state index in [1.165, 1.54) is 6.07 Å². The van der Waals surface area contributed by atoms with Crippen LogP contribution < -0.4 is 10.6 Å². The van der Waals surface area contributed by atoms with Crippen molar-refractivity contribution in [2.45, 2.75) is 26.3 Å². The third kappa shape index (κ3) is 3.08. The standard InChI is InChI=1S/C16H16FN3O3/c1-10-8-13(20-23-10)19-15(22)16(6-7-16)14(21)18-9-11-4-2-3-5-12(11)17/h2-5,8H,6-7,9H2,1H3,(H,18,21)(H,19,20,22). The second kappa shape index (κ2) is 5.83. The quantitative estimate of drug-likeness (QED) is 0.828. The molecule has 6 nitrogen and oxygen atoms in total. The molecule has 23 heavy (non-hydrogen) atoms. The fourth-order valence-electron chi connectivity index (χ4n) is 2.33. The highest BCUT2D eigenvalue weighted by atomic mass is 19.1. The van der Waals surface area contributed by atoms with Gasteiger partial charge in [-0.2, -0.15) is 0 Å². The molecule has 3 rings (SSSR count). The molecule has 0 bridgehead atoms. The molecule has 1 aromatic carbocycles. The molecular weight excluding hydrogens is 301 g/mol. The van der Waals surface area contributed by atoms with Crippen LogP contribution in [0, 0.1) is 18.2 Å². The highest BCUT2D eigenvalue weighted by Crippen LogP contribution is 2.46. The Hall–Kier alpha value is -2.70. The number of rotatable bonds is 5. The van der Waals surface area contributed by atoms with Gasteiger partial charge < -0.3 is 15.2 Å². The van der Waals surface area contributed by atoms with Crippen LogP contribution in [-0.2, 0) is 16.1 Å². The molecule has 2 aromatic rings. The fraction of sp³-hybridized carbons (Fsp3) is 0.312. The molecule has 1 saturated carbocycles. The van der Waals surface area contributed by atoms with Gasteiger partial charge in [-0.05, 0) is 25.8 Å². The molecule has 0 unspecified atom stereocenters. The summed E-state index contributed by atoms with van der Waals surface area (Å²) in [4.78, 5) is 24.6. The predicted molar refractivity (Wildman–Crippen MR) is 79.8 cm³/mol. The van der Waals surface area contributed by atoms with Crippen molar-refractivity contribution < 1.29 is 18.5 Å². The summed E-state index contributed by atoms with van der Waals surface area (Å²) < 4.78 is 18.4. The molecule has 0 saturated heterocycles. The molecule has 0 spiro atoms. The van der Waals surface area contributed by atoms with Gasteiger partial charge in [-0.15, -0.1) is 0 Å². The van der Waals surface area contributed by atoms with Gasteiger partial charge in [-0.1, -0.05) is 23.4 Å². The molecule has 120 valence electrons. The molecule has 2 amide bonds. The van der Waals surface area contributed by atoms with Crippen molar-refractivity contribution in [3.05, 3.63) is 47.5 Å². The number of benzene rings is 1. The van der Waals surface area contributed by atoms with Crippen molar-refractivity contribution in [2.75, 3.05) is 5.32 Å². The fourth-order valence-corrected chi connectivity index (χ4v) is 2.33. The van der Waals surface area contributed by atoms with E-state index in [1.54, 1.807) is 31.2 Å². The summed E-state index contributed by atoms with van der Waals surface area (Å²) in [7, 11) is 0. The molecule has 1 heterocycles. The highest BCUT2D eigenvalue weighted by Gasteiger charge is 2.56. The van der Waals surface area contributed by atoms with Crippen molar-refractivity contribution in [3.63, 3.8) is 0 Å². The van der Waals surface area contributed by atoms with E-state index in [0.29, 0.717) is 24.2 Å². The van der Waals surface area contributed by atoms with Crippen molar-refractivity contribution in [1.82, 2.24) is 10.5 Å². The van der Waals surface area contributed by atoms with Crippen LogP contribution in [0.1, 0.15) is 24.2 Å². The van der Waals surface area contributed by atoms with Crippen LogP contribution in [0.5, 0.6) is 0 Å². The van der Waals surface area contributed by atoms with Crippen LogP contribution in [0.25, 0.3) is 0 Å². The van der Waals surface area contributed by atoms with Gasteiger partial charge in [-0.25, -0.2) is 4.39 Å². The summed E-state index contributed by atoms with van der Waals surface area (Å²) in [6.07, 6.45) is 0.914. The lowest BCUT2D eigenvalue weighted by molar-refractivity contribution is -0.134. The van der Waals surface area contributed by atoms with E-state index in [4.69, 9.17) is 4.52 Å². The monoisotopic (exact) mass is 317 g/mol. The minimum atomic E-state index is -1.10. The van der Waals surface area contributed by atoms with Crippen molar-refractivity contribution in [2.24, 2.45) is 5.41 Å². The molecule has 0 atom stereocenters. The predicted octanol–water partition coefficient (Wildman–Crippen LogP) is 2.16. The van der Waals surface area contributed by atoms with E-state index in [2.05, 4.69) is 15.8 Å². The maximum Gasteiger partial charge on any atom is 0.241 e. The van der Waals surface area contributed by atoms with Gasteiger partial charge in [0, 0.05) is 18.2 Å². The summed E-state index contributed by atoms with van der Waals surface area (Å²) in [5.74, 6) is -0.370. The zero-order valence-electron chi connectivity index (χ0n) is 12.6. The zero-order chi connectivity index (χ0) is 16.4. The van der Waals surface area contributed by atoms with Crippen LogP contribution in [0.3, 0.4) is 0 Å².